The van der Waals surface area contributed by atoms with Crippen LogP contribution >= 0.6 is 0 Å². The van der Waals surface area contributed by atoms with Crippen molar-refractivity contribution in [2.24, 2.45) is 5.92 Å². The van der Waals surface area contributed by atoms with Crippen molar-refractivity contribution in [1.29, 1.82) is 0 Å². The summed E-state index contributed by atoms with van der Waals surface area (Å²) in [5.41, 5.74) is 2.63. The summed E-state index contributed by atoms with van der Waals surface area (Å²) in [5.74, 6) is 1.79. The first-order valence-electron chi connectivity index (χ1n) is 4.48. The van der Waals surface area contributed by atoms with Crippen LogP contribution < -0.4 is 4.74 Å². The van der Waals surface area contributed by atoms with E-state index in [2.05, 4.69) is 32.0 Å². The molecule has 0 radical (unpaired) electrons. The maximum atomic E-state index is 5.67. The molecular weight excluding hydrogens is 148 g/mol. The van der Waals surface area contributed by atoms with E-state index in [-0.39, 0.29) is 0 Å². The summed E-state index contributed by atoms with van der Waals surface area (Å²) >= 11 is 0. The number of benzene rings is 1. The molecule has 1 heterocycles. The van der Waals surface area contributed by atoms with Crippen molar-refractivity contribution in [2.45, 2.75) is 20.3 Å². The van der Waals surface area contributed by atoms with E-state index >= 15 is 0 Å². The van der Waals surface area contributed by atoms with Gasteiger partial charge >= 0.3 is 0 Å². The lowest BCUT2D eigenvalue weighted by Gasteiger charge is -2.23. The van der Waals surface area contributed by atoms with Crippen LogP contribution in [-0.4, -0.2) is 6.61 Å². The molecule has 0 amide bonds. The SMILES string of the molecule is Cc1cccc2c1OCC(C)C2. The lowest BCUT2D eigenvalue weighted by Crippen LogP contribution is -2.18. The van der Waals surface area contributed by atoms with Crippen LogP contribution in [-0.2, 0) is 6.42 Å². The Morgan fingerprint density at radius 3 is 3.08 bits per heavy atom. The fraction of sp³-hybridized carbons (Fsp3) is 0.455. The van der Waals surface area contributed by atoms with Gasteiger partial charge in [0.15, 0.2) is 0 Å². The number of fused-ring (bicyclic) bond motifs is 1. The average molecular weight is 162 g/mol. The minimum absolute atomic E-state index is 0.666. The number of aryl methyl sites for hydroxylation is 1. The molecule has 1 aliphatic rings. The molecule has 2 rings (SSSR count). The molecule has 1 aromatic rings. The van der Waals surface area contributed by atoms with E-state index in [4.69, 9.17) is 4.74 Å². The summed E-state index contributed by atoms with van der Waals surface area (Å²) in [4.78, 5) is 0. The van der Waals surface area contributed by atoms with E-state index in [1.165, 1.54) is 11.1 Å². The van der Waals surface area contributed by atoms with Gasteiger partial charge in [0.25, 0.3) is 0 Å². The molecular formula is C11H14O. The number of para-hydroxylation sites is 1. The Hall–Kier alpha value is -0.980. The molecule has 12 heavy (non-hydrogen) atoms. The van der Waals surface area contributed by atoms with Crippen LogP contribution in [0, 0.1) is 12.8 Å². The summed E-state index contributed by atoms with van der Waals surface area (Å²) in [7, 11) is 0. The molecule has 1 heteroatoms. The lowest BCUT2D eigenvalue weighted by molar-refractivity contribution is 0.232. The summed E-state index contributed by atoms with van der Waals surface area (Å²) in [5, 5.41) is 0. The first kappa shape index (κ1) is 7.66. The standard InChI is InChI=1S/C11H14O/c1-8-6-10-5-3-4-9(2)11(10)12-7-8/h3-5,8H,6-7H2,1-2H3. The van der Waals surface area contributed by atoms with Gasteiger partial charge in [-0.2, -0.15) is 0 Å². The largest absolute Gasteiger partial charge is 0.493 e. The highest BCUT2D eigenvalue weighted by Gasteiger charge is 2.16. The molecule has 0 aliphatic carbocycles. The molecule has 1 aliphatic heterocycles. The van der Waals surface area contributed by atoms with Crippen molar-refractivity contribution >= 4 is 0 Å². The van der Waals surface area contributed by atoms with E-state index in [0.717, 1.165) is 18.8 Å². The summed E-state index contributed by atoms with van der Waals surface area (Å²) < 4.78 is 5.67. The Balaban J connectivity index is 2.42. The van der Waals surface area contributed by atoms with Crippen LogP contribution in [0.3, 0.4) is 0 Å². The zero-order chi connectivity index (χ0) is 8.55. The molecule has 1 aromatic carbocycles. The second kappa shape index (κ2) is 2.81. The van der Waals surface area contributed by atoms with E-state index < -0.39 is 0 Å². The van der Waals surface area contributed by atoms with Gasteiger partial charge in [-0.15, -0.1) is 0 Å². The number of rotatable bonds is 0. The third-order valence-electron chi connectivity index (χ3n) is 2.37. The smallest absolute Gasteiger partial charge is 0.125 e. The van der Waals surface area contributed by atoms with Gasteiger partial charge in [-0.05, 0) is 30.4 Å². The van der Waals surface area contributed by atoms with E-state index in [1.54, 1.807) is 0 Å². The second-order valence-electron chi connectivity index (χ2n) is 3.68. The molecule has 1 nitrogen and oxygen atoms in total. The van der Waals surface area contributed by atoms with Crippen molar-refractivity contribution in [2.75, 3.05) is 6.61 Å². The number of hydrogen-bond acceptors (Lipinski definition) is 1. The Bertz CT molecular complexity index is 291. The van der Waals surface area contributed by atoms with Gasteiger partial charge in [0.1, 0.15) is 5.75 Å². The second-order valence-corrected chi connectivity index (χ2v) is 3.68. The van der Waals surface area contributed by atoms with Gasteiger partial charge in [0.2, 0.25) is 0 Å². The normalized spacial score (nSPS) is 21.3. The molecule has 0 bridgehead atoms. The summed E-state index contributed by atoms with van der Waals surface area (Å²) in [6.45, 7) is 5.21. The van der Waals surface area contributed by atoms with Crippen LogP contribution in [0.15, 0.2) is 18.2 Å². The maximum Gasteiger partial charge on any atom is 0.125 e. The van der Waals surface area contributed by atoms with Crippen LogP contribution in [0.5, 0.6) is 5.75 Å². The van der Waals surface area contributed by atoms with Gasteiger partial charge in [-0.1, -0.05) is 25.1 Å². The number of hydrogen-bond donors (Lipinski definition) is 0. The quantitative estimate of drug-likeness (QED) is 0.569. The first-order chi connectivity index (χ1) is 5.77. The first-order valence-corrected chi connectivity index (χ1v) is 4.48. The number of ether oxygens (including phenoxy) is 1. The predicted molar refractivity (Wildman–Crippen MR) is 49.5 cm³/mol. The Kier molecular flexibility index (Phi) is 1.80. The topological polar surface area (TPSA) is 9.23 Å². The summed E-state index contributed by atoms with van der Waals surface area (Å²) in [6.07, 6.45) is 1.16. The van der Waals surface area contributed by atoms with Crippen LogP contribution in [0.2, 0.25) is 0 Å². The third kappa shape index (κ3) is 1.20. The predicted octanol–water partition coefficient (Wildman–Crippen LogP) is 2.57. The molecule has 0 saturated heterocycles. The van der Waals surface area contributed by atoms with Gasteiger partial charge in [0.05, 0.1) is 6.61 Å². The van der Waals surface area contributed by atoms with Crippen molar-refractivity contribution in [3.8, 4) is 5.75 Å². The van der Waals surface area contributed by atoms with E-state index in [0.29, 0.717) is 5.92 Å². The highest BCUT2D eigenvalue weighted by molar-refractivity contribution is 5.41. The van der Waals surface area contributed by atoms with Crippen molar-refractivity contribution in [3.63, 3.8) is 0 Å². The molecule has 1 unspecified atom stereocenters. The zero-order valence-electron chi connectivity index (χ0n) is 7.63. The monoisotopic (exact) mass is 162 g/mol. The van der Waals surface area contributed by atoms with Crippen molar-refractivity contribution in [1.82, 2.24) is 0 Å². The fourth-order valence-electron chi connectivity index (χ4n) is 1.74. The Morgan fingerprint density at radius 1 is 1.42 bits per heavy atom. The minimum atomic E-state index is 0.666. The third-order valence-corrected chi connectivity index (χ3v) is 2.37. The molecule has 0 saturated carbocycles. The highest BCUT2D eigenvalue weighted by Crippen LogP contribution is 2.29. The van der Waals surface area contributed by atoms with Crippen LogP contribution in [0.1, 0.15) is 18.1 Å². The van der Waals surface area contributed by atoms with Crippen LogP contribution in [0.25, 0.3) is 0 Å². The van der Waals surface area contributed by atoms with Gasteiger partial charge in [0, 0.05) is 0 Å². The molecule has 0 spiro atoms. The molecule has 0 fully saturated rings. The average Bonchev–Trinajstić information content (AvgIpc) is 2.04. The van der Waals surface area contributed by atoms with E-state index in [1.807, 2.05) is 0 Å². The molecule has 0 N–H and O–H groups in total. The Labute approximate surface area is 73.4 Å². The summed E-state index contributed by atoms with van der Waals surface area (Å²) in [6, 6.07) is 6.38. The zero-order valence-corrected chi connectivity index (χ0v) is 7.63. The minimum Gasteiger partial charge on any atom is -0.493 e. The van der Waals surface area contributed by atoms with Gasteiger partial charge in [-0.25, -0.2) is 0 Å². The molecule has 1 atom stereocenters. The lowest BCUT2D eigenvalue weighted by atomic mass is 9.97. The van der Waals surface area contributed by atoms with Crippen molar-refractivity contribution in [3.05, 3.63) is 29.3 Å². The van der Waals surface area contributed by atoms with Crippen LogP contribution in [0.4, 0.5) is 0 Å². The van der Waals surface area contributed by atoms with E-state index in [9.17, 15) is 0 Å². The maximum absolute atomic E-state index is 5.67. The highest BCUT2D eigenvalue weighted by atomic mass is 16.5. The van der Waals surface area contributed by atoms with Gasteiger partial charge in [-0.3, -0.25) is 0 Å². The molecule has 64 valence electrons. The fourth-order valence-corrected chi connectivity index (χ4v) is 1.74. The van der Waals surface area contributed by atoms with Crippen molar-refractivity contribution < 1.29 is 4.74 Å². The molecule has 0 aromatic heterocycles. The van der Waals surface area contributed by atoms with Gasteiger partial charge < -0.3 is 4.74 Å². The Morgan fingerprint density at radius 2 is 2.25 bits per heavy atom.